The zero-order valence-electron chi connectivity index (χ0n) is 12.2. The third kappa shape index (κ3) is 1.94. The van der Waals surface area contributed by atoms with Crippen LogP contribution in [0.15, 0.2) is 30.7 Å². The summed E-state index contributed by atoms with van der Waals surface area (Å²) in [7, 11) is 0. The van der Waals surface area contributed by atoms with Crippen LogP contribution in [0.2, 0.25) is 5.15 Å². The standard InChI is InChI=1S/C16H10ClF2N5/c17-15-5-13-12(6-20-15)21-7-23(13)16-22-11-3-9(18)10(19)4-14(11)24(16)8-1-2-8/h3-8H,1-2H2. The van der Waals surface area contributed by atoms with E-state index in [-0.39, 0.29) is 6.04 Å². The highest BCUT2D eigenvalue weighted by Crippen LogP contribution is 2.40. The van der Waals surface area contributed by atoms with E-state index in [1.165, 1.54) is 6.07 Å². The molecule has 4 aromatic rings. The van der Waals surface area contributed by atoms with Crippen LogP contribution in [0.3, 0.4) is 0 Å². The number of fused-ring (bicyclic) bond motifs is 2. The summed E-state index contributed by atoms with van der Waals surface area (Å²) in [5.74, 6) is -1.21. The van der Waals surface area contributed by atoms with Gasteiger partial charge < -0.3 is 4.57 Å². The lowest BCUT2D eigenvalue weighted by Crippen LogP contribution is -2.05. The molecule has 0 atom stereocenters. The first-order valence-corrected chi connectivity index (χ1v) is 7.85. The van der Waals surface area contributed by atoms with E-state index in [9.17, 15) is 8.78 Å². The molecule has 8 heteroatoms. The second-order valence-corrected chi connectivity index (χ2v) is 6.27. The molecule has 0 bridgehead atoms. The van der Waals surface area contributed by atoms with Crippen molar-refractivity contribution in [3.63, 3.8) is 0 Å². The van der Waals surface area contributed by atoms with E-state index in [1.807, 2.05) is 4.57 Å². The van der Waals surface area contributed by atoms with Crippen LogP contribution in [-0.2, 0) is 0 Å². The number of halogens is 3. The molecule has 1 saturated carbocycles. The van der Waals surface area contributed by atoms with Gasteiger partial charge in [-0.25, -0.2) is 23.7 Å². The molecule has 120 valence electrons. The first-order chi connectivity index (χ1) is 11.6. The van der Waals surface area contributed by atoms with Gasteiger partial charge in [0.2, 0.25) is 5.95 Å². The molecule has 24 heavy (non-hydrogen) atoms. The van der Waals surface area contributed by atoms with Gasteiger partial charge in [0.15, 0.2) is 11.6 Å². The summed E-state index contributed by atoms with van der Waals surface area (Å²) in [5, 5.41) is 0.343. The Kier molecular flexibility index (Phi) is 2.73. The summed E-state index contributed by atoms with van der Waals surface area (Å²) in [6, 6.07) is 4.25. The largest absolute Gasteiger partial charge is 0.306 e. The number of hydrogen-bond acceptors (Lipinski definition) is 3. The van der Waals surface area contributed by atoms with Crippen molar-refractivity contribution in [3.8, 4) is 5.95 Å². The highest BCUT2D eigenvalue weighted by Gasteiger charge is 2.30. The second kappa shape index (κ2) is 4.73. The molecule has 0 unspecified atom stereocenters. The number of benzene rings is 1. The average molecular weight is 346 g/mol. The van der Waals surface area contributed by atoms with Crippen molar-refractivity contribution in [2.24, 2.45) is 0 Å². The van der Waals surface area contributed by atoms with Gasteiger partial charge in [-0.05, 0) is 12.8 Å². The van der Waals surface area contributed by atoms with Gasteiger partial charge in [-0.15, -0.1) is 0 Å². The van der Waals surface area contributed by atoms with Gasteiger partial charge in [-0.3, -0.25) is 4.57 Å². The van der Waals surface area contributed by atoms with Crippen LogP contribution in [-0.4, -0.2) is 24.1 Å². The minimum Gasteiger partial charge on any atom is -0.306 e. The van der Waals surface area contributed by atoms with E-state index in [0.29, 0.717) is 27.7 Å². The fourth-order valence-corrected chi connectivity index (χ4v) is 3.14. The maximum Gasteiger partial charge on any atom is 0.216 e. The first-order valence-electron chi connectivity index (χ1n) is 7.48. The van der Waals surface area contributed by atoms with Crippen LogP contribution in [0, 0.1) is 11.6 Å². The van der Waals surface area contributed by atoms with Crippen LogP contribution in [0.25, 0.3) is 28.0 Å². The van der Waals surface area contributed by atoms with Crippen molar-refractivity contribution in [3.05, 3.63) is 47.5 Å². The second-order valence-electron chi connectivity index (χ2n) is 5.88. The number of pyridine rings is 1. The predicted octanol–water partition coefficient (Wildman–Crippen LogP) is 4.04. The highest BCUT2D eigenvalue weighted by atomic mass is 35.5. The summed E-state index contributed by atoms with van der Waals surface area (Å²) in [6.45, 7) is 0. The number of hydrogen-bond donors (Lipinski definition) is 0. The van der Waals surface area contributed by atoms with Gasteiger partial charge in [0.25, 0.3) is 0 Å². The van der Waals surface area contributed by atoms with Crippen LogP contribution >= 0.6 is 11.6 Å². The van der Waals surface area contributed by atoms with E-state index in [0.717, 1.165) is 24.4 Å². The smallest absolute Gasteiger partial charge is 0.216 e. The van der Waals surface area contributed by atoms with E-state index >= 15 is 0 Å². The Morgan fingerprint density at radius 2 is 1.79 bits per heavy atom. The molecule has 0 radical (unpaired) electrons. The number of imidazole rings is 2. The van der Waals surface area contributed by atoms with E-state index in [1.54, 1.807) is 23.2 Å². The normalized spacial score (nSPS) is 14.8. The molecule has 1 aliphatic rings. The van der Waals surface area contributed by atoms with Crippen LogP contribution in [0.4, 0.5) is 8.78 Å². The lowest BCUT2D eigenvalue weighted by Gasteiger charge is -2.09. The molecule has 1 aliphatic carbocycles. The third-order valence-electron chi connectivity index (χ3n) is 4.24. The lowest BCUT2D eigenvalue weighted by molar-refractivity contribution is 0.510. The number of rotatable bonds is 2. The molecule has 0 N–H and O–H groups in total. The molecular weight excluding hydrogens is 336 g/mol. The van der Waals surface area contributed by atoms with Crippen molar-refractivity contribution in [1.82, 2.24) is 24.1 Å². The predicted molar refractivity (Wildman–Crippen MR) is 85.4 cm³/mol. The molecule has 1 aromatic carbocycles. The summed E-state index contributed by atoms with van der Waals surface area (Å²) in [5.41, 5.74) is 2.41. The number of aromatic nitrogens is 5. The van der Waals surface area contributed by atoms with Crippen molar-refractivity contribution < 1.29 is 8.78 Å². The van der Waals surface area contributed by atoms with Crippen molar-refractivity contribution in [2.45, 2.75) is 18.9 Å². The number of nitrogens with zero attached hydrogens (tertiary/aromatic N) is 5. The molecule has 1 fully saturated rings. The fourth-order valence-electron chi connectivity index (χ4n) is 2.99. The zero-order valence-corrected chi connectivity index (χ0v) is 13.0. The van der Waals surface area contributed by atoms with E-state index in [2.05, 4.69) is 15.0 Å². The van der Waals surface area contributed by atoms with Crippen LogP contribution in [0.5, 0.6) is 0 Å². The maximum atomic E-state index is 13.7. The Morgan fingerprint density at radius 1 is 1.00 bits per heavy atom. The minimum atomic E-state index is -0.905. The lowest BCUT2D eigenvalue weighted by atomic mass is 10.3. The SMILES string of the molecule is Fc1cc2nc(-n3cnc4cnc(Cl)cc43)n(C3CC3)c2cc1F. The highest BCUT2D eigenvalue weighted by molar-refractivity contribution is 6.29. The molecule has 5 rings (SSSR count). The summed E-state index contributed by atoms with van der Waals surface area (Å²) < 4.78 is 31.0. The Morgan fingerprint density at radius 3 is 2.58 bits per heavy atom. The Bertz CT molecular complexity index is 1110. The van der Waals surface area contributed by atoms with Gasteiger partial charge in [0.05, 0.1) is 22.7 Å². The van der Waals surface area contributed by atoms with Gasteiger partial charge in [0.1, 0.15) is 17.0 Å². The maximum absolute atomic E-state index is 13.7. The van der Waals surface area contributed by atoms with Gasteiger partial charge in [0, 0.05) is 24.2 Å². The monoisotopic (exact) mass is 345 g/mol. The topological polar surface area (TPSA) is 48.5 Å². The quantitative estimate of drug-likeness (QED) is 0.515. The molecule has 0 spiro atoms. The molecule has 0 saturated heterocycles. The van der Waals surface area contributed by atoms with Crippen LogP contribution in [0.1, 0.15) is 18.9 Å². The Hall–Kier alpha value is -2.54. The first kappa shape index (κ1) is 13.9. The van der Waals surface area contributed by atoms with Gasteiger partial charge >= 0.3 is 0 Å². The van der Waals surface area contributed by atoms with Gasteiger partial charge in [-0.1, -0.05) is 11.6 Å². The summed E-state index contributed by atoms with van der Waals surface area (Å²) in [4.78, 5) is 12.8. The van der Waals surface area contributed by atoms with Crippen molar-refractivity contribution in [1.29, 1.82) is 0 Å². The van der Waals surface area contributed by atoms with E-state index in [4.69, 9.17) is 11.6 Å². The fraction of sp³-hybridized carbons (Fsp3) is 0.188. The molecular formula is C16H10ClF2N5. The summed E-state index contributed by atoms with van der Waals surface area (Å²) >= 11 is 5.99. The molecule has 0 aliphatic heterocycles. The Balaban J connectivity index is 1.85. The van der Waals surface area contributed by atoms with Crippen LogP contribution < -0.4 is 0 Å². The molecule has 3 heterocycles. The zero-order chi connectivity index (χ0) is 16.4. The third-order valence-corrected chi connectivity index (χ3v) is 4.45. The van der Waals surface area contributed by atoms with Gasteiger partial charge in [-0.2, -0.15) is 0 Å². The van der Waals surface area contributed by atoms with E-state index < -0.39 is 11.6 Å². The Labute approximate surface area is 139 Å². The molecule has 0 amide bonds. The average Bonchev–Trinajstić information content (AvgIpc) is 3.21. The summed E-state index contributed by atoms with van der Waals surface area (Å²) in [6.07, 6.45) is 5.16. The van der Waals surface area contributed by atoms with Crippen molar-refractivity contribution in [2.75, 3.05) is 0 Å². The van der Waals surface area contributed by atoms with Crippen molar-refractivity contribution >= 4 is 33.7 Å². The molecule has 3 aromatic heterocycles. The molecule has 5 nitrogen and oxygen atoms in total. The minimum absolute atomic E-state index is 0.227.